The fraction of sp³-hybridized carbons (Fsp3) is 0.200. The first-order chi connectivity index (χ1) is 18.1. The summed E-state index contributed by atoms with van der Waals surface area (Å²) < 4.78 is 0. The van der Waals surface area contributed by atoms with Crippen LogP contribution in [-0.2, 0) is 0 Å². The molecule has 38 heavy (non-hydrogen) atoms. The molecule has 0 amide bonds. The third-order valence-electron chi connectivity index (χ3n) is 6.43. The van der Waals surface area contributed by atoms with Crippen LogP contribution >= 0.6 is 11.3 Å². The van der Waals surface area contributed by atoms with E-state index in [0.29, 0.717) is 5.70 Å². The normalized spacial score (nSPS) is 11.5. The topological polar surface area (TPSA) is 91.4 Å². The van der Waals surface area contributed by atoms with Crippen LogP contribution in [-0.4, -0.2) is 25.1 Å². The summed E-state index contributed by atoms with van der Waals surface area (Å²) in [4.78, 5) is 16.1. The molecule has 0 saturated carbocycles. The molecular formula is C30H31N7S. The van der Waals surface area contributed by atoms with E-state index in [2.05, 4.69) is 95.7 Å². The highest BCUT2D eigenvalue weighted by molar-refractivity contribution is 7.15. The molecule has 0 saturated heterocycles. The highest BCUT2D eigenvalue weighted by Gasteiger charge is 2.17. The Morgan fingerprint density at radius 1 is 0.974 bits per heavy atom. The van der Waals surface area contributed by atoms with Crippen molar-refractivity contribution in [2.24, 2.45) is 5.41 Å². The van der Waals surface area contributed by atoms with E-state index in [1.807, 2.05) is 24.4 Å². The van der Waals surface area contributed by atoms with Crippen LogP contribution in [0.3, 0.4) is 0 Å². The number of nitrogens with zero attached hydrogens (tertiary/aromatic N) is 4. The van der Waals surface area contributed by atoms with Gasteiger partial charge in [0.2, 0.25) is 0 Å². The van der Waals surface area contributed by atoms with E-state index in [0.717, 1.165) is 61.1 Å². The second-order valence-electron chi connectivity index (χ2n) is 10.3. The van der Waals surface area contributed by atoms with Crippen LogP contribution < -0.4 is 10.6 Å². The van der Waals surface area contributed by atoms with E-state index in [4.69, 9.17) is 0 Å². The summed E-state index contributed by atoms with van der Waals surface area (Å²) in [5.74, 6) is 0. The zero-order chi connectivity index (χ0) is 27.0. The maximum absolute atomic E-state index is 4.65. The Balaban J connectivity index is 1.43. The number of hydrogen-bond donors (Lipinski definition) is 3. The smallest absolute Gasteiger partial charge is 0.116 e. The minimum atomic E-state index is -0.0666. The summed E-state index contributed by atoms with van der Waals surface area (Å²) in [6.07, 6.45) is 7.20. The number of aromatic nitrogens is 5. The standard InChI is InChI=1S/C30H31N7S/c1-17-8-9-27(38-17)28-18(2)24(10-11-32-28)34-19(3)29-23-13-25(33-16-26(23)36-37-29)21-12-22(15-31-14-21)35-20(4)30(5,6)7/h8-16,35H,3-4H2,1-2,5-7H3,(H,32,34)(H,36,37). The summed E-state index contributed by atoms with van der Waals surface area (Å²) >= 11 is 1.74. The summed E-state index contributed by atoms with van der Waals surface area (Å²) in [6.45, 7) is 19.0. The number of nitrogens with one attached hydrogen (secondary N) is 3. The Hall–Kier alpha value is -4.30. The van der Waals surface area contributed by atoms with Gasteiger partial charge in [-0.1, -0.05) is 33.9 Å². The van der Waals surface area contributed by atoms with Crippen molar-refractivity contribution in [1.82, 2.24) is 25.1 Å². The molecule has 5 rings (SSSR count). The second-order valence-corrected chi connectivity index (χ2v) is 11.6. The highest BCUT2D eigenvalue weighted by Crippen LogP contribution is 2.34. The predicted molar refractivity (Wildman–Crippen MR) is 159 cm³/mol. The molecule has 192 valence electrons. The minimum absolute atomic E-state index is 0.0666. The van der Waals surface area contributed by atoms with E-state index in [1.54, 1.807) is 29.9 Å². The molecule has 0 aliphatic heterocycles. The number of thiophene rings is 1. The number of rotatable bonds is 7. The molecule has 0 aliphatic carbocycles. The van der Waals surface area contributed by atoms with Crippen LogP contribution in [0.2, 0.25) is 0 Å². The van der Waals surface area contributed by atoms with Crippen molar-refractivity contribution < 1.29 is 0 Å². The molecule has 3 N–H and O–H groups in total. The fourth-order valence-electron chi connectivity index (χ4n) is 4.02. The fourth-order valence-corrected chi connectivity index (χ4v) is 4.94. The maximum Gasteiger partial charge on any atom is 0.116 e. The third kappa shape index (κ3) is 5.08. The largest absolute Gasteiger partial charge is 0.358 e. The average Bonchev–Trinajstić information content (AvgIpc) is 3.50. The Morgan fingerprint density at radius 2 is 1.79 bits per heavy atom. The van der Waals surface area contributed by atoms with Crippen LogP contribution in [0, 0.1) is 19.3 Å². The van der Waals surface area contributed by atoms with Crippen molar-refractivity contribution in [2.75, 3.05) is 10.6 Å². The van der Waals surface area contributed by atoms with Gasteiger partial charge in [-0.3, -0.25) is 20.1 Å². The van der Waals surface area contributed by atoms with Crippen molar-refractivity contribution in [3.8, 4) is 21.8 Å². The second kappa shape index (κ2) is 9.87. The van der Waals surface area contributed by atoms with Crippen molar-refractivity contribution >= 4 is 39.3 Å². The molecule has 5 heterocycles. The lowest BCUT2D eigenvalue weighted by Crippen LogP contribution is -2.15. The zero-order valence-corrected chi connectivity index (χ0v) is 23.1. The maximum atomic E-state index is 4.65. The lowest BCUT2D eigenvalue weighted by atomic mass is 9.93. The number of aryl methyl sites for hydroxylation is 1. The number of hydrogen-bond acceptors (Lipinski definition) is 7. The van der Waals surface area contributed by atoms with Gasteiger partial charge >= 0.3 is 0 Å². The Labute approximate surface area is 226 Å². The van der Waals surface area contributed by atoms with Gasteiger partial charge in [-0.05, 0) is 49.7 Å². The Kier molecular flexibility index (Phi) is 6.59. The van der Waals surface area contributed by atoms with Crippen LogP contribution in [0.15, 0.2) is 74.0 Å². The number of anilines is 2. The van der Waals surface area contributed by atoms with Crippen molar-refractivity contribution in [3.05, 3.63) is 90.1 Å². The number of H-pyrrole nitrogens is 1. The van der Waals surface area contributed by atoms with Gasteiger partial charge in [-0.2, -0.15) is 5.10 Å². The number of allylic oxidation sites excluding steroid dienone is 1. The van der Waals surface area contributed by atoms with Gasteiger partial charge in [0.25, 0.3) is 0 Å². The van der Waals surface area contributed by atoms with Gasteiger partial charge in [-0.25, -0.2) is 0 Å². The predicted octanol–water partition coefficient (Wildman–Crippen LogP) is 7.81. The zero-order valence-electron chi connectivity index (χ0n) is 22.3. The summed E-state index contributed by atoms with van der Waals surface area (Å²) in [7, 11) is 0. The van der Waals surface area contributed by atoms with E-state index in [-0.39, 0.29) is 5.41 Å². The summed E-state index contributed by atoms with van der Waals surface area (Å²) in [5.41, 5.74) is 8.63. The number of fused-ring (bicyclic) bond motifs is 1. The SMILES string of the molecule is C=C(Nc1ccnc(-c2ccc(C)s2)c1C)c1n[nH]c2cnc(-c3cncc(NC(=C)C(C)(C)C)c3)cc12. The van der Waals surface area contributed by atoms with Gasteiger partial charge in [0.1, 0.15) is 5.69 Å². The van der Waals surface area contributed by atoms with E-state index < -0.39 is 0 Å². The molecular weight excluding hydrogens is 490 g/mol. The molecule has 0 atom stereocenters. The van der Waals surface area contributed by atoms with E-state index in [1.165, 1.54) is 4.88 Å². The van der Waals surface area contributed by atoms with Crippen LogP contribution in [0.5, 0.6) is 0 Å². The van der Waals surface area contributed by atoms with E-state index >= 15 is 0 Å². The molecule has 7 nitrogen and oxygen atoms in total. The van der Waals surface area contributed by atoms with Crippen LogP contribution in [0.4, 0.5) is 11.4 Å². The van der Waals surface area contributed by atoms with Crippen LogP contribution in [0.1, 0.15) is 36.9 Å². The molecule has 8 heteroatoms. The van der Waals surface area contributed by atoms with Crippen molar-refractivity contribution in [2.45, 2.75) is 34.6 Å². The van der Waals surface area contributed by atoms with Crippen molar-refractivity contribution in [1.29, 1.82) is 0 Å². The summed E-state index contributed by atoms with van der Waals surface area (Å²) in [5, 5.41) is 15.4. The molecule has 5 aromatic rings. The Morgan fingerprint density at radius 3 is 2.53 bits per heavy atom. The molecule has 0 aromatic carbocycles. The molecule has 0 unspecified atom stereocenters. The molecule has 0 spiro atoms. The molecule has 0 aliphatic rings. The first-order valence-corrected chi connectivity index (χ1v) is 13.2. The highest BCUT2D eigenvalue weighted by atomic mass is 32.1. The van der Waals surface area contributed by atoms with Gasteiger partial charge in [0.15, 0.2) is 0 Å². The average molecular weight is 522 g/mol. The monoisotopic (exact) mass is 521 g/mol. The molecule has 0 radical (unpaired) electrons. The number of aromatic amines is 1. The van der Waals surface area contributed by atoms with Gasteiger partial charge in [0, 0.05) is 45.0 Å². The quantitative estimate of drug-likeness (QED) is 0.202. The van der Waals surface area contributed by atoms with Gasteiger partial charge in [-0.15, -0.1) is 11.3 Å². The lowest BCUT2D eigenvalue weighted by Gasteiger charge is -2.23. The molecule has 5 aromatic heterocycles. The number of pyridine rings is 3. The van der Waals surface area contributed by atoms with Gasteiger partial charge < -0.3 is 10.6 Å². The first kappa shape index (κ1) is 25.4. The Bertz CT molecular complexity index is 1670. The molecule has 0 fully saturated rings. The minimum Gasteiger partial charge on any atom is -0.358 e. The van der Waals surface area contributed by atoms with Crippen LogP contribution in [0.25, 0.3) is 38.4 Å². The van der Waals surface area contributed by atoms with E-state index in [9.17, 15) is 0 Å². The lowest BCUT2D eigenvalue weighted by molar-refractivity contribution is 0.509. The first-order valence-electron chi connectivity index (χ1n) is 12.3. The van der Waals surface area contributed by atoms with Gasteiger partial charge in [0.05, 0.1) is 45.6 Å². The molecule has 0 bridgehead atoms. The van der Waals surface area contributed by atoms with Crippen molar-refractivity contribution in [3.63, 3.8) is 0 Å². The third-order valence-corrected chi connectivity index (χ3v) is 7.44. The summed E-state index contributed by atoms with van der Waals surface area (Å²) in [6, 6.07) is 10.2.